The molecule has 0 fully saturated rings. The zero-order chi connectivity index (χ0) is 13.4. The van der Waals surface area contributed by atoms with E-state index in [0.29, 0.717) is 5.82 Å². The van der Waals surface area contributed by atoms with Gasteiger partial charge in [-0.15, -0.1) is 11.3 Å². The summed E-state index contributed by atoms with van der Waals surface area (Å²) in [5.74, 6) is 0.673. The normalized spacial score (nSPS) is 10.8. The molecule has 3 rings (SSSR count). The molecule has 0 aliphatic heterocycles. The Bertz CT molecular complexity index is 712. The fourth-order valence-electron chi connectivity index (χ4n) is 1.98. The number of benzene rings is 1. The summed E-state index contributed by atoms with van der Waals surface area (Å²) < 4.78 is 1.78. The summed E-state index contributed by atoms with van der Waals surface area (Å²) in [5, 5.41) is 5.66. The van der Waals surface area contributed by atoms with Crippen molar-refractivity contribution in [2.24, 2.45) is 0 Å². The molecule has 0 aliphatic carbocycles. The maximum Gasteiger partial charge on any atom is 0.130 e. The van der Waals surface area contributed by atoms with Crippen molar-refractivity contribution in [3.8, 4) is 16.3 Å². The lowest BCUT2D eigenvalue weighted by atomic mass is 10.2. The summed E-state index contributed by atoms with van der Waals surface area (Å²) in [6.45, 7) is 3.98. The monoisotopic (exact) mass is 270 g/mol. The molecular formula is C14H14N4S. The third-order valence-electron chi connectivity index (χ3n) is 3.02. The molecule has 4 nitrogen and oxygen atoms in total. The smallest absolute Gasteiger partial charge is 0.130 e. The summed E-state index contributed by atoms with van der Waals surface area (Å²) in [6, 6.07) is 9.91. The number of aryl methyl sites for hydroxylation is 1. The first-order valence-electron chi connectivity index (χ1n) is 6.00. The minimum absolute atomic E-state index is 0.673. The molecule has 5 heteroatoms. The summed E-state index contributed by atoms with van der Waals surface area (Å²) >= 11 is 1.63. The highest BCUT2D eigenvalue weighted by atomic mass is 32.1. The Hall–Kier alpha value is -2.14. The molecule has 0 saturated carbocycles. The lowest BCUT2D eigenvalue weighted by molar-refractivity contribution is 0.896. The van der Waals surface area contributed by atoms with Gasteiger partial charge in [0.25, 0.3) is 0 Å². The van der Waals surface area contributed by atoms with Gasteiger partial charge in [0.1, 0.15) is 11.5 Å². The van der Waals surface area contributed by atoms with Crippen LogP contribution >= 0.6 is 11.3 Å². The Labute approximate surface area is 115 Å². The SMILES string of the molecule is Cc1ncc(-c2nn(-c3ccccc3)c(N)c2C)s1. The van der Waals surface area contributed by atoms with Crippen LogP contribution in [0.1, 0.15) is 10.6 Å². The molecule has 2 heterocycles. The average Bonchev–Trinajstić information content (AvgIpc) is 2.97. The molecule has 2 N–H and O–H groups in total. The number of para-hydroxylation sites is 1. The zero-order valence-corrected chi connectivity index (χ0v) is 11.6. The van der Waals surface area contributed by atoms with Crippen molar-refractivity contribution in [1.82, 2.24) is 14.8 Å². The molecule has 0 amide bonds. The van der Waals surface area contributed by atoms with E-state index < -0.39 is 0 Å². The fraction of sp³-hybridized carbons (Fsp3) is 0.143. The van der Waals surface area contributed by atoms with Gasteiger partial charge in [0.2, 0.25) is 0 Å². The molecule has 0 saturated heterocycles. The lowest BCUT2D eigenvalue weighted by Crippen LogP contribution is -2.01. The third kappa shape index (κ3) is 2.02. The zero-order valence-electron chi connectivity index (χ0n) is 10.8. The number of rotatable bonds is 2. The second-order valence-electron chi connectivity index (χ2n) is 4.35. The number of nitrogens with two attached hydrogens (primary N) is 1. The summed E-state index contributed by atoms with van der Waals surface area (Å²) in [6.07, 6.45) is 1.85. The van der Waals surface area contributed by atoms with Crippen molar-refractivity contribution in [1.29, 1.82) is 0 Å². The molecule has 0 unspecified atom stereocenters. The van der Waals surface area contributed by atoms with Crippen LogP contribution in [-0.4, -0.2) is 14.8 Å². The molecule has 0 radical (unpaired) electrons. The Kier molecular flexibility index (Phi) is 2.83. The van der Waals surface area contributed by atoms with E-state index in [1.807, 2.05) is 50.4 Å². The maximum absolute atomic E-state index is 6.16. The highest BCUT2D eigenvalue weighted by Crippen LogP contribution is 2.31. The predicted octanol–water partition coefficient (Wildman–Crippen LogP) is 3.19. The van der Waals surface area contributed by atoms with Crippen LogP contribution < -0.4 is 5.73 Å². The van der Waals surface area contributed by atoms with Gasteiger partial charge in [0.15, 0.2) is 0 Å². The van der Waals surface area contributed by atoms with Crippen molar-refractivity contribution >= 4 is 17.2 Å². The molecule has 0 aliphatic rings. The molecule has 96 valence electrons. The number of thiazole rings is 1. The first-order chi connectivity index (χ1) is 9.16. The first-order valence-corrected chi connectivity index (χ1v) is 6.82. The lowest BCUT2D eigenvalue weighted by Gasteiger charge is -2.02. The predicted molar refractivity (Wildman–Crippen MR) is 78.6 cm³/mol. The highest BCUT2D eigenvalue weighted by molar-refractivity contribution is 7.15. The van der Waals surface area contributed by atoms with Gasteiger partial charge in [-0.3, -0.25) is 0 Å². The van der Waals surface area contributed by atoms with Gasteiger partial charge in [-0.2, -0.15) is 5.10 Å². The Morgan fingerprint density at radius 3 is 2.53 bits per heavy atom. The van der Waals surface area contributed by atoms with Gasteiger partial charge in [-0.05, 0) is 26.0 Å². The number of anilines is 1. The number of hydrogen-bond donors (Lipinski definition) is 1. The van der Waals surface area contributed by atoms with Crippen molar-refractivity contribution in [2.45, 2.75) is 13.8 Å². The minimum Gasteiger partial charge on any atom is -0.383 e. The molecule has 0 bridgehead atoms. The highest BCUT2D eigenvalue weighted by Gasteiger charge is 2.16. The van der Waals surface area contributed by atoms with Gasteiger partial charge in [0, 0.05) is 11.8 Å². The van der Waals surface area contributed by atoms with Crippen molar-refractivity contribution in [2.75, 3.05) is 5.73 Å². The molecular weight excluding hydrogens is 256 g/mol. The van der Waals surface area contributed by atoms with Crippen LogP contribution in [0.15, 0.2) is 36.5 Å². The first kappa shape index (κ1) is 11.9. The molecule has 0 spiro atoms. The maximum atomic E-state index is 6.16. The molecule has 0 atom stereocenters. The van der Waals surface area contributed by atoms with E-state index in [2.05, 4.69) is 10.1 Å². The number of hydrogen-bond acceptors (Lipinski definition) is 4. The van der Waals surface area contributed by atoms with E-state index in [1.165, 1.54) is 0 Å². The number of nitrogen functional groups attached to an aromatic ring is 1. The average molecular weight is 270 g/mol. The van der Waals surface area contributed by atoms with Gasteiger partial charge in [-0.1, -0.05) is 18.2 Å². The van der Waals surface area contributed by atoms with Crippen LogP contribution in [-0.2, 0) is 0 Å². The van der Waals surface area contributed by atoms with E-state index in [-0.39, 0.29) is 0 Å². The van der Waals surface area contributed by atoms with E-state index in [0.717, 1.165) is 26.8 Å². The van der Waals surface area contributed by atoms with E-state index in [9.17, 15) is 0 Å². The van der Waals surface area contributed by atoms with E-state index in [4.69, 9.17) is 5.73 Å². The van der Waals surface area contributed by atoms with Crippen LogP contribution in [0.4, 0.5) is 5.82 Å². The van der Waals surface area contributed by atoms with Crippen molar-refractivity contribution < 1.29 is 0 Å². The number of aromatic nitrogens is 3. The van der Waals surface area contributed by atoms with Crippen LogP contribution in [0.25, 0.3) is 16.3 Å². The van der Waals surface area contributed by atoms with Crippen LogP contribution in [0, 0.1) is 13.8 Å². The molecule has 1 aromatic carbocycles. The van der Waals surface area contributed by atoms with Gasteiger partial charge in [-0.25, -0.2) is 9.67 Å². The largest absolute Gasteiger partial charge is 0.383 e. The Morgan fingerprint density at radius 1 is 1.16 bits per heavy atom. The van der Waals surface area contributed by atoms with Crippen LogP contribution in [0.3, 0.4) is 0 Å². The minimum atomic E-state index is 0.673. The molecule has 2 aromatic heterocycles. The van der Waals surface area contributed by atoms with Crippen LogP contribution in [0.5, 0.6) is 0 Å². The second kappa shape index (κ2) is 4.51. The summed E-state index contributed by atoms with van der Waals surface area (Å²) in [5.41, 5.74) is 9.03. The van der Waals surface area contributed by atoms with E-state index in [1.54, 1.807) is 16.0 Å². The standard InChI is InChI=1S/C14H14N4S/c1-9-13(12-8-16-10(2)19-12)17-18(14(9)15)11-6-4-3-5-7-11/h3-8H,15H2,1-2H3. The summed E-state index contributed by atoms with van der Waals surface area (Å²) in [7, 11) is 0. The Balaban J connectivity index is 2.15. The van der Waals surface area contributed by atoms with E-state index >= 15 is 0 Å². The van der Waals surface area contributed by atoms with Gasteiger partial charge < -0.3 is 5.73 Å². The second-order valence-corrected chi connectivity index (χ2v) is 5.58. The quantitative estimate of drug-likeness (QED) is 0.778. The van der Waals surface area contributed by atoms with Gasteiger partial charge in [0.05, 0.1) is 15.6 Å². The van der Waals surface area contributed by atoms with Crippen molar-refractivity contribution in [3.63, 3.8) is 0 Å². The number of nitrogens with zero attached hydrogens (tertiary/aromatic N) is 3. The van der Waals surface area contributed by atoms with Gasteiger partial charge >= 0.3 is 0 Å². The molecule has 19 heavy (non-hydrogen) atoms. The third-order valence-corrected chi connectivity index (χ3v) is 3.94. The van der Waals surface area contributed by atoms with Crippen LogP contribution in [0.2, 0.25) is 0 Å². The Morgan fingerprint density at radius 2 is 1.89 bits per heavy atom. The topological polar surface area (TPSA) is 56.7 Å². The van der Waals surface area contributed by atoms with Crippen molar-refractivity contribution in [3.05, 3.63) is 47.1 Å². The molecule has 3 aromatic rings. The summed E-state index contributed by atoms with van der Waals surface area (Å²) in [4.78, 5) is 5.33. The fourth-order valence-corrected chi connectivity index (χ4v) is 2.80.